The fourth-order valence-electron chi connectivity index (χ4n) is 3.21. The monoisotopic (exact) mass is 344 g/mol. The quantitative estimate of drug-likeness (QED) is 0.759. The molecular formula is C16H28N2O4S. The van der Waals surface area contributed by atoms with Crippen LogP contribution in [-0.4, -0.2) is 44.0 Å². The van der Waals surface area contributed by atoms with Crippen LogP contribution in [0.15, 0.2) is 0 Å². The second kappa shape index (κ2) is 7.64. The molecule has 0 aromatic carbocycles. The SMILES string of the molecule is CCC[C@@H](C)CS(=O)(=O)NC(=O)[C@@H]1CCCN(C(=O)C2CC2)C1. The molecule has 0 aromatic rings. The minimum Gasteiger partial charge on any atom is -0.342 e. The van der Waals surface area contributed by atoms with Crippen LogP contribution in [0.2, 0.25) is 0 Å². The first kappa shape index (κ1) is 18.2. The average molecular weight is 344 g/mol. The van der Waals surface area contributed by atoms with Gasteiger partial charge >= 0.3 is 0 Å². The third kappa shape index (κ3) is 5.48. The van der Waals surface area contributed by atoms with Gasteiger partial charge < -0.3 is 4.90 Å². The Balaban J connectivity index is 1.87. The Bertz CT molecular complexity index is 542. The van der Waals surface area contributed by atoms with E-state index >= 15 is 0 Å². The number of nitrogens with zero attached hydrogens (tertiary/aromatic N) is 1. The van der Waals surface area contributed by atoms with Crippen molar-refractivity contribution < 1.29 is 18.0 Å². The fraction of sp³-hybridized carbons (Fsp3) is 0.875. The Morgan fingerprint density at radius 3 is 2.52 bits per heavy atom. The summed E-state index contributed by atoms with van der Waals surface area (Å²) in [5.74, 6) is -0.601. The van der Waals surface area contributed by atoms with Gasteiger partial charge in [-0.1, -0.05) is 20.3 Å². The van der Waals surface area contributed by atoms with Gasteiger partial charge in [0.2, 0.25) is 21.8 Å². The maximum absolute atomic E-state index is 12.3. The molecule has 1 saturated carbocycles. The van der Waals surface area contributed by atoms with Crippen molar-refractivity contribution >= 4 is 21.8 Å². The number of nitrogens with one attached hydrogen (secondary N) is 1. The minimum absolute atomic E-state index is 0.0238. The van der Waals surface area contributed by atoms with Crippen LogP contribution >= 0.6 is 0 Å². The van der Waals surface area contributed by atoms with Crippen molar-refractivity contribution in [1.29, 1.82) is 0 Å². The number of amides is 2. The van der Waals surface area contributed by atoms with Gasteiger partial charge in [-0.05, 0) is 38.0 Å². The van der Waals surface area contributed by atoms with Crippen LogP contribution in [-0.2, 0) is 19.6 Å². The first-order chi connectivity index (χ1) is 10.8. The molecule has 2 rings (SSSR count). The number of sulfonamides is 1. The van der Waals surface area contributed by atoms with Crippen LogP contribution in [0.5, 0.6) is 0 Å². The van der Waals surface area contributed by atoms with Gasteiger partial charge in [0.15, 0.2) is 0 Å². The lowest BCUT2D eigenvalue weighted by molar-refractivity contribution is -0.136. The van der Waals surface area contributed by atoms with Gasteiger partial charge in [0.05, 0.1) is 11.7 Å². The van der Waals surface area contributed by atoms with Crippen molar-refractivity contribution in [2.24, 2.45) is 17.8 Å². The van der Waals surface area contributed by atoms with Gasteiger partial charge in [0.25, 0.3) is 0 Å². The summed E-state index contributed by atoms with van der Waals surface area (Å²) >= 11 is 0. The predicted octanol–water partition coefficient (Wildman–Crippen LogP) is 1.52. The van der Waals surface area contributed by atoms with E-state index in [9.17, 15) is 18.0 Å². The highest BCUT2D eigenvalue weighted by atomic mass is 32.2. The van der Waals surface area contributed by atoms with Crippen molar-refractivity contribution in [2.45, 2.75) is 52.4 Å². The zero-order valence-electron chi connectivity index (χ0n) is 14.1. The summed E-state index contributed by atoms with van der Waals surface area (Å²) in [6.45, 7) is 4.92. The lowest BCUT2D eigenvalue weighted by Gasteiger charge is -2.32. The molecule has 2 aliphatic rings. The van der Waals surface area contributed by atoms with Crippen LogP contribution in [0.1, 0.15) is 52.4 Å². The lowest BCUT2D eigenvalue weighted by Crippen LogP contribution is -2.47. The fourth-order valence-corrected chi connectivity index (χ4v) is 4.68. The number of hydrogen-bond donors (Lipinski definition) is 1. The van der Waals surface area contributed by atoms with Crippen molar-refractivity contribution in [3.05, 3.63) is 0 Å². The van der Waals surface area contributed by atoms with E-state index in [0.717, 1.165) is 32.1 Å². The third-order valence-electron chi connectivity index (χ3n) is 4.57. The van der Waals surface area contributed by atoms with Crippen molar-refractivity contribution in [2.75, 3.05) is 18.8 Å². The normalized spacial score (nSPS) is 23.4. The molecule has 23 heavy (non-hydrogen) atoms. The first-order valence-corrected chi connectivity index (χ1v) is 10.3. The molecule has 2 amide bonds. The molecular weight excluding hydrogens is 316 g/mol. The Hall–Kier alpha value is -1.11. The van der Waals surface area contributed by atoms with E-state index in [2.05, 4.69) is 4.72 Å². The van der Waals surface area contributed by atoms with E-state index in [0.29, 0.717) is 19.5 Å². The van der Waals surface area contributed by atoms with E-state index in [-0.39, 0.29) is 23.5 Å². The second-order valence-corrected chi connectivity index (χ2v) is 8.81. The van der Waals surface area contributed by atoms with Gasteiger partial charge in [-0.15, -0.1) is 0 Å². The molecule has 1 saturated heterocycles. The van der Waals surface area contributed by atoms with Crippen molar-refractivity contribution in [3.63, 3.8) is 0 Å². The molecule has 1 heterocycles. The number of likely N-dealkylation sites (tertiary alicyclic amines) is 1. The van der Waals surface area contributed by atoms with E-state index in [4.69, 9.17) is 0 Å². The highest BCUT2D eigenvalue weighted by Crippen LogP contribution is 2.32. The highest BCUT2D eigenvalue weighted by molar-refractivity contribution is 7.90. The Morgan fingerprint density at radius 2 is 1.91 bits per heavy atom. The summed E-state index contributed by atoms with van der Waals surface area (Å²) < 4.78 is 26.4. The molecule has 1 aliphatic carbocycles. The standard InChI is InChI=1S/C16H28N2O4S/c1-3-5-12(2)11-23(21,22)17-15(19)14-6-4-9-18(10-14)16(20)13-7-8-13/h12-14H,3-11H2,1-2H3,(H,17,19)/t12-,14-/m1/s1. The van der Waals surface area contributed by atoms with Crippen LogP contribution in [0.4, 0.5) is 0 Å². The molecule has 0 unspecified atom stereocenters. The predicted molar refractivity (Wildman–Crippen MR) is 88.0 cm³/mol. The van der Waals surface area contributed by atoms with E-state index in [1.807, 2.05) is 13.8 Å². The van der Waals surface area contributed by atoms with Crippen LogP contribution in [0.3, 0.4) is 0 Å². The van der Waals surface area contributed by atoms with Crippen LogP contribution in [0.25, 0.3) is 0 Å². The molecule has 0 radical (unpaired) electrons. The summed E-state index contributed by atoms with van der Waals surface area (Å²) in [5.41, 5.74) is 0. The number of piperidine rings is 1. The Morgan fingerprint density at radius 1 is 1.22 bits per heavy atom. The topological polar surface area (TPSA) is 83.6 Å². The van der Waals surface area contributed by atoms with Gasteiger partial charge in [0.1, 0.15) is 0 Å². The Kier molecular flexibility index (Phi) is 6.06. The molecule has 2 atom stereocenters. The summed E-state index contributed by atoms with van der Waals surface area (Å²) in [5, 5.41) is 0. The first-order valence-electron chi connectivity index (χ1n) is 8.65. The van der Waals surface area contributed by atoms with Crippen molar-refractivity contribution in [1.82, 2.24) is 9.62 Å². The lowest BCUT2D eigenvalue weighted by atomic mass is 9.97. The average Bonchev–Trinajstić information content (AvgIpc) is 3.30. The van der Waals surface area contributed by atoms with Gasteiger partial charge in [-0.2, -0.15) is 0 Å². The highest BCUT2D eigenvalue weighted by Gasteiger charge is 2.37. The van der Waals surface area contributed by atoms with Crippen LogP contribution in [0, 0.1) is 17.8 Å². The zero-order valence-corrected chi connectivity index (χ0v) is 14.9. The number of carbonyl (C=O) groups is 2. The molecule has 7 heteroatoms. The van der Waals surface area contributed by atoms with E-state index < -0.39 is 21.8 Å². The van der Waals surface area contributed by atoms with Crippen LogP contribution < -0.4 is 4.72 Å². The molecule has 6 nitrogen and oxygen atoms in total. The largest absolute Gasteiger partial charge is 0.342 e. The van der Waals surface area contributed by atoms with Gasteiger partial charge in [-0.3, -0.25) is 14.3 Å². The second-order valence-electron chi connectivity index (χ2n) is 7.04. The van der Waals surface area contributed by atoms with E-state index in [1.54, 1.807) is 4.90 Å². The molecule has 132 valence electrons. The number of carbonyl (C=O) groups excluding carboxylic acids is 2. The molecule has 0 spiro atoms. The number of rotatable bonds is 7. The third-order valence-corrected chi connectivity index (χ3v) is 6.09. The Labute approximate surface area is 139 Å². The van der Waals surface area contributed by atoms with Gasteiger partial charge in [0, 0.05) is 19.0 Å². The summed E-state index contributed by atoms with van der Waals surface area (Å²) in [6, 6.07) is 0. The molecule has 0 bridgehead atoms. The maximum atomic E-state index is 12.3. The molecule has 1 N–H and O–H groups in total. The summed E-state index contributed by atoms with van der Waals surface area (Å²) in [4.78, 5) is 26.1. The smallest absolute Gasteiger partial charge is 0.238 e. The maximum Gasteiger partial charge on any atom is 0.238 e. The summed E-state index contributed by atoms with van der Waals surface area (Å²) in [7, 11) is -3.60. The number of hydrogen-bond acceptors (Lipinski definition) is 4. The van der Waals surface area contributed by atoms with Gasteiger partial charge in [-0.25, -0.2) is 8.42 Å². The minimum atomic E-state index is -3.60. The zero-order chi connectivity index (χ0) is 17.0. The molecule has 0 aromatic heterocycles. The van der Waals surface area contributed by atoms with E-state index in [1.165, 1.54) is 0 Å². The summed E-state index contributed by atoms with van der Waals surface area (Å²) in [6.07, 6.45) is 5.02. The molecule has 2 fully saturated rings. The molecule has 1 aliphatic heterocycles. The van der Waals surface area contributed by atoms with Crippen molar-refractivity contribution in [3.8, 4) is 0 Å².